The minimum atomic E-state index is -1.13. The van der Waals surface area contributed by atoms with Crippen LogP contribution in [0, 0.1) is 0 Å². The van der Waals surface area contributed by atoms with Crippen molar-refractivity contribution in [3.63, 3.8) is 0 Å². The summed E-state index contributed by atoms with van der Waals surface area (Å²) in [4.78, 5) is 37.1. The summed E-state index contributed by atoms with van der Waals surface area (Å²) in [5.74, 6) is -1.04. The number of benzene rings is 1. The third-order valence-electron chi connectivity index (χ3n) is 3.07. The maximum absolute atomic E-state index is 12.3. The van der Waals surface area contributed by atoms with E-state index in [1.54, 1.807) is 24.3 Å². The lowest BCUT2D eigenvalue weighted by atomic mass is 10.1. The second-order valence-corrected chi connectivity index (χ2v) is 6.14. The molecule has 5 nitrogen and oxygen atoms in total. The standard InChI is InChI=1S/C15H16ClNO4/c1-15(2,3)21-8-11(12(16)18)17-13(19)9-6-4-5-7-10(9)14(17)20/h4-7,11H,8H2,1-3H3. The Morgan fingerprint density at radius 3 is 2.05 bits per heavy atom. The van der Waals surface area contributed by atoms with Gasteiger partial charge in [0.2, 0.25) is 5.24 Å². The predicted molar refractivity (Wildman–Crippen MR) is 77.3 cm³/mol. The number of hydrogen-bond acceptors (Lipinski definition) is 4. The van der Waals surface area contributed by atoms with Gasteiger partial charge in [-0.2, -0.15) is 0 Å². The molecule has 1 atom stereocenters. The highest BCUT2D eigenvalue weighted by molar-refractivity contribution is 6.65. The van der Waals surface area contributed by atoms with E-state index in [0.29, 0.717) is 0 Å². The lowest BCUT2D eigenvalue weighted by Gasteiger charge is -2.27. The van der Waals surface area contributed by atoms with Gasteiger partial charge in [-0.3, -0.25) is 19.3 Å². The lowest BCUT2D eigenvalue weighted by Crippen LogP contribution is -2.47. The van der Waals surface area contributed by atoms with E-state index in [4.69, 9.17) is 16.3 Å². The quantitative estimate of drug-likeness (QED) is 0.632. The summed E-state index contributed by atoms with van der Waals surface area (Å²) in [5.41, 5.74) is 0.0471. The van der Waals surface area contributed by atoms with Crippen LogP contribution in [0.5, 0.6) is 0 Å². The van der Waals surface area contributed by atoms with Crippen LogP contribution in [-0.2, 0) is 9.53 Å². The van der Waals surface area contributed by atoms with Crippen LogP contribution in [0.25, 0.3) is 0 Å². The molecule has 1 aromatic rings. The lowest BCUT2D eigenvalue weighted by molar-refractivity contribution is -0.119. The molecule has 21 heavy (non-hydrogen) atoms. The van der Waals surface area contributed by atoms with E-state index in [1.165, 1.54) is 0 Å². The largest absolute Gasteiger partial charge is 0.373 e. The van der Waals surface area contributed by atoms with Crippen LogP contribution in [0.1, 0.15) is 41.5 Å². The van der Waals surface area contributed by atoms with Crippen molar-refractivity contribution in [1.29, 1.82) is 0 Å². The fraction of sp³-hybridized carbons (Fsp3) is 0.400. The zero-order valence-corrected chi connectivity index (χ0v) is 12.8. The number of rotatable bonds is 4. The fourth-order valence-corrected chi connectivity index (χ4v) is 2.22. The van der Waals surface area contributed by atoms with Crippen LogP contribution in [-0.4, -0.2) is 40.2 Å². The van der Waals surface area contributed by atoms with Crippen molar-refractivity contribution >= 4 is 28.7 Å². The summed E-state index contributed by atoms with van der Waals surface area (Å²) in [6.45, 7) is 5.30. The highest BCUT2D eigenvalue weighted by Gasteiger charge is 2.42. The molecule has 0 aliphatic carbocycles. The first-order valence-corrected chi connectivity index (χ1v) is 6.90. The van der Waals surface area contributed by atoms with Gasteiger partial charge in [0.25, 0.3) is 11.8 Å². The predicted octanol–water partition coefficient (Wildman–Crippen LogP) is 2.23. The van der Waals surface area contributed by atoms with Crippen LogP contribution >= 0.6 is 11.6 Å². The van der Waals surface area contributed by atoms with Gasteiger partial charge in [-0.1, -0.05) is 12.1 Å². The number of fused-ring (bicyclic) bond motifs is 1. The topological polar surface area (TPSA) is 63.7 Å². The van der Waals surface area contributed by atoms with Crippen molar-refractivity contribution in [3.8, 4) is 0 Å². The van der Waals surface area contributed by atoms with Gasteiger partial charge in [0, 0.05) is 0 Å². The smallest absolute Gasteiger partial charge is 0.262 e. The van der Waals surface area contributed by atoms with E-state index < -0.39 is 28.7 Å². The van der Waals surface area contributed by atoms with Crippen molar-refractivity contribution in [2.24, 2.45) is 0 Å². The highest BCUT2D eigenvalue weighted by atomic mass is 35.5. The van der Waals surface area contributed by atoms with Crippen molar-refractivity contribution in [3.05, 3.63) is 35.4 Å². The first-order chi connectivity index (χ1) is 9.72. The minimum Gasteiger partial charge on any atom is -0.373 e. The van der Waals surface area contributed by atoms with Crippen LogP contribution in [0.3, 0.4) is 0 Å². The maximum atomic E-state index is 12.3. The number of carbonyl (C=O) groups excluding carboxylic acids is 3. The molecule has 1 unspecified atom stereocenters. The highest BCUT2D eigenvalue weighted by Crippen LogP contribution is 2.26. The molecule has 1 heterocycles. The van der Waals surface area contributed by atoms with Crippen molar-refractivity contribution < 1.29 is 19.1 Å². The third kappa shape index (κ3) is 3.14. The molecule has 0 spiro atoms. The van der Waals surface area contributed by atoms with Crippen LogP contribution in [0.15, 0.2) is 24.3 Å². The van der Waals surface area contributed by atoms with E-state index in [0.717, 1.165) is 4.90 Å². The molecule has 0 radical (unpaired) electrons. The summed E-state index contributed by atoms with van der Waals surface area (Å²) in [7, 11) is 0. The number of amides is 2. The molecular formula is C15H16ClNO4. The van der Waals surface area contributed by atoms with Gasteiger partial charge in [-0.05, 0) is 44.5 Å². The molecule has 0 N–H and O–H groups in total. The fourth-order valence-electron chi connectivity index (χ4n) is 2.06. The molecule has 0 bridgehead atoms. The number of nitrogens with zero attached hydrogens (tertiary/aromatic N) is 1. The number of halogens is 1. The van der Waals surface area contributed by atoms with E-state index in [2.05, 4.69) is 0 Å². The maximum Gasteiger partial charge on any atom is 0.262 e. The Labute approximate surface area is 127 Å². The Morgan fingerprint density at radius 1 is 1.19 bits per heavy atom. The Balaban J connectivity index is 2.29. The van der Waals surface area contributed by atoms with Crippen LogP contribution in [0.2, 0.25) is 0 Å². The molecule has 0 saturated heterocycles. The SMILES string of the molecule is CC(C)(C)OCC(C(=O)Cl)N1C(=O)c2ccccc2C1=O. The van der Waals surface area contributed by atoms with Gasteiger partial charge < -0.3 is 4.74 Å². The van der Waals surface area contributed by atoms with E-state index >= 15 is 0 Å². The molecule has 0 fully saturated rings. The van der Waals surface area contributed by atoms with Gasteiger partial charge in [-0.15, -0.1) is 0 Å². The summed E-state index contributed by atoms with van der Waals surface area (Å²) in [5, 5.41) is -0.797. The number of hydrogen-bond donors (Lipinski definition) is 0. The summed E-state index contributed by atoms with van der Waals surface area (Å²) in [6, 6.07) is 5.30. The van der Waals surface area contributed by atoms with E-state index in [1.807, 2.05) is 20.8 Å². The second-order valence-electron chi connectivity index (χ2n) is 5.77. The van der Waals surface area contributed by atoms with E-state index in [9.17, 15) is 14.4 Å². The zero-order valence-electron chi connectivity index (χ0n) is 12.1. The molecular weight excluding hydrogens is 294 g/mol. The molecule has 2 rings (SSSR count). The molecule has 2 amide bonds. The Hall–Kier alpha value is -1.72. The summed E-state index contributed by atoms with van der Waals surface area (Å²) in [6.07, 6.45) is 0. The molecule has 1 aliphatic rings. The Kier molecular flexibility index (Phi) is 4.16. The van der Waals surface area contributed by atoms with Gasteiger partial charge in [0.1, 0.15) is 6.04 Å². The summed E-state index contributed by atoms with van der Waals surface area (Å²) >= 11 is 5.56. The van der Waals surface area contributed by atoms with Gasteiger partial charge in [-0.25, -0.2) is 0 Å². The number of ether oxygens (including phenoxy) is 1. The van der Waals surface area contributed by atoms with Crippen molar-refractivity contribution in [2.45, 2.75) is 32.4 Å². The van der Waals surface area contributed by atoms with E-state index in [-0.39, 0.29) is 17.7 Å². The number of imide groups is 1. The average molecular weight is 310 g/mol. The monoisotopic (exact) mass is 309 g/mol. The number of carbonyl (C=O) groups is 3. The average Bonchev–Trinajstić information content (AvgIpc) is 2.63. The zero-order chi connectivity index (χ0) is 15.8. The minimum absolute atomic E-state index is 0.128. The molecule has 1 aliphatic heterocycles. The first kappa shape index (κ1) is 15.7. The van der Waals surface area contributed by atoms with Crippen LogP contribution in [0.4, 0.5) is 0 Å². The molecule has 0 saturated carbocycles. The van der Waals surface area contributed by atoms with Crippen molar-refractivity contribution in [1.82, 2.24) is 4.90 Å². The summed E-state index contributed by atoms with van der Waals surface area (Å²) < 4.78 is 5.51. The second kappa shape index (κ2) is 5.58. The molecule has 112 valence electrons. The molecule has 6 heteroatoms. The van der Waals surface area contributed by atoms with Crippen molar-refractivity contribution in [2.75, 3.05) is 6.61 Å². The molecule has 0 aromatic heterocycles. The normalized spacial score (nSPS) is 16.1. The molecule has 1 aromatic carbocycles. The first-order valence-electron chi connectivity index (χ1n) is 6.52. The van der Waals surface area contributed by atoms with Gasteiger partial charge >= 0.3 is 0 Å². The van der Waals surface area contributed by atoms with Gasteiger partial charge in [0.15, 0.2) is 0 Å². The Morgan fingerprint density at radius 2 is 1.67 bits per heavy atom. The third-order valence-corrected chi connectivity index (χ3v) is 3.33. The Bertz CT molecular complexity index is 571. The van der Waals surface area contributed by atoms with Gasteiger partial charge in [0.05, 0.1) is 23.3 Å². The van der Waals surface area contributed by atoms with Crippen LogP contribution < -0.4 is 0 Å².